The average Bonchev–Trinajstić information content (AvgIpc) is 3.20. The molecule has 0 saturated carbocycles. The first kappa shape index (κ1) is 50.2. The number of allylic oxidation sites excluding steroid dienone is 2. The molecule has 0 fully saturated rings. The van der Waals surface area contributed by atoms with E-state index in [4.69, 9.17) is 20.7 Å². The van der Waals surface area contributed by atoms with E-state index in [0.29, 0.717) is 0 Å². The Bertz CT molecular complexity index is 1370. The molecule has 0 unspecified atom stereocenters. The van der Waals surface area contributed by atoms with Crippen molar-refractivity contribution in [3.05, 3.63) is 70.8 Å². The van der Waals surface area contributed by atoms with Crippen LogP contribution in [0.15, 0.2) is 53.5 Å². The third kappa shape index (κ3) is 21.7. The Morgan fingerprint density at radius 3 is 1.41 bits per heavy atom. The Kier molecular flexibility index (Phi) is 30.4. The molecule has 0 bridgehead atoms. The molecule has 0 spiro atoms. The fraction of sp³-hybridized carbons (Fsp3) is 0.698. The Hall–Kier alpha value is -1.99. The van der Waals surface area contributed by atoms with E-state index in [-0.39, 0.29) is 0 Å². The van der Waals surface area contributed by atoms with E-state index < -0.39 is 0 Å². The standard InChI is InChI=1S/C53H88N2.Ni/c1-7-13-15-17-18-19-20-21-22-23-24-25-26-27-28-29-30-31-33-39-53(55-51-43-41-47(35-10-4)49(45-51)37-12-6)52(38-32-16-14-8-2)54-50-42-40-46(34-9-3)48(44-50)36-11-5;/h33,39-45H,7-32,34-38H2,1-6H3;/q;+1. The monoisotopic (exact) mass is 811 g/mol. The molecule has 0 aliphatic heterocycles. The molecule has 0 atom stereocenters. The van der Waals surface area contributed by atoms with Crippen molar-refractivity contribution in [2.75, 3.05) is 0 Å². The molecule has 0 aromatic heterocycles. The molecule has 0 radical (unpaired) electrons. The van der Waals surface area contributed by atoms with Crippen LogP contribution in [-0.4, -0.2) is 15.1 Å². The first-order chi connectivity index (χ1) is 27.5. The molecule has 3 heteroatoms. The van der Waals surface area contributed by atoms with Gasteiger partial charge in [0.15, 0.2) is 0 Å². The van der Waals surface area contributed by atoms with E-state index in [1.165, 1.54) is 164 Å². The van der Waals surface area contributed by atoms with Gasteiger partial charge in [-0.05, 0) is 0 Å². The predicted octanol–water partition coefficient (Wildman–Crippen LogP) is 17.4. The molecule has 0 saturated heterocycles. The van der Waals surface area contributed by atoms with E-state index in [1.54, 1.807) is 0 Å². The van der Waals surface area contributed by atoms with Gasteiger partial charge >= 0.3 is 287 Å². The number of unbranched alkanes of at least 4 members (excludes halogenated alkanes) is 20. The van der Waals surface area contributed by atoms with Gasteiger partial charge in [0.25, 0.3) is 0 Å². The second-order valence-corrected chi connectivity index (χ2v) is 17.2. The van der Waals surface area contributed by atoms with Crippen molar-refractivity contribution in [3.8, 4) is 0 Å². The van der Waals surface area contributed by atoms with Crippen LogP contribution in [0.2, 0.25) is 0 Å². The van der Waals surface area contributed by atoms with E-state index in [9.17, 15) is 0 Å². The normalized spacial score (nSPS) is 12.6. The van der Waals surface area contributed by atoms with E-state index in [2.05, 4.69) is 93.7 Å². The maximum atomic E-state index is 5.97. The van der Waals surface area contributed by atoms with Gasteiger partial charge < -0.3 is 0 Å². The van der Waals surface area contributed by atoms with Gasteiger partial charge in [-0.3, -0.25) is 0 Å². The van der Waals surface area contributed by atoms with Crippen molar-refractivity contribution in [2.45, 2.75) is 241 Å². The summed E-state index contributed by atoms with van der Waals surface area (Å²) in [5.74, 6) is 0. The molecule has 0 heterocycles. The number of rotatable bonds is 35. The minimum atomic E-state index is 0.953. The summed E-state index contributed by atoms with van der Waals surface area (Å²) >= 11 is 5.97. The van der Waals surface area contributed by atoms with Crippen molar-refractivity contribution in [1.29, 1.82) is 0 Å². The quantitative estimate of drug-likeness (QED) is 0.0374. The van der Waals surface area contributed by atoms with Gasteiger partial charge in [0, 0.05) is 0 Å². The Morgan fingerprint density at radius 1 is 0.482 bits per heavy atom. The van der Waals surface area contributed by atoms with Crippen LogP contribution < -0.4 is 0 Å². The van der Waals surface area contributed by atoms with Crippen LogP contribution in [0.5, 0.6) is 0 Å². The van der Waals surface area contributed by atoms with Gasteiger partial charge in [0.05, 0.1) is 0 Å². The summed E-state index contributed by atoms with van der Waals surface area (Å²) in [4.78, 5) is 5.48. The van der Waals surface area contributed by atoms with Gasteiger partial charge in [-0.25, -0.2) is 0 Å². The van der Waals surface area contributed by atoms with Gasteiger partial charge in [0.1, 0.15) is 0 Å². The molecule has 2 aromatic carbocycles. The number of aryl methyl sites for hydroxylation is 4. The molecule has 56 heavy (non-hydrogen) atoms. The van der Waals surface area contributed by atoms with Gasteiger partial charge in [-0.1, -0.05) is 71.1 Å². The zero-order chi connectivity index (χ0) is 40.5. The summed E-state index contributed by atoms with van der Waals surface area (Å²) in [6.45, 7) is 13.7. The first-order valence-corrected chi connectivity index (χ1v) is 24.7. The average molecular weight is 812 g/mol. The Balaban J connectivity index is 2.15. The molecular formula is C53H88N2Ni+. The minimum absolute atomic E-state index is 0.953. The summed E-state index contributed by atoms with van der Waals surface area (Å²) in [5.41, 5.74) is 10.3. The van der Waals surface area contributed by atoms with E-state index >= 15 is 0 Å². The predicted molar refractivity (Wildman–Crippen MR) is 248 cm³/mol. The van der Waals surface area contributed by atoms with E-state index in [1.807, 2.05) is 0 Å². The zero-order valence-corrected chi connectivity index (χ0v) is 38.7. The van der Waals surface area contributed by atoms with E-state index in [0.717, 1.165) is 80.6 Å². The summed E-state index contributed by atoms with van der Waals surface area (Å²) < 4.78 is 2.08. The topological polar surface area (TPSA) is 15.4 Å². The Morgan fingerprint density at radius 2 is 0.911 bits per heavy atom. The van der Waals surface area contributed by atoms with Crippen molar-refractivity contribution in [1.82, 2.24) is 0 Å². The van der Waals surface area contributed by atoms with Crippen LogP contribution in [0.1, 0.15) is 237 Å². The third-order valence-electron chi connectivity index (χ3n) is 11.4. The van der Waals surface area contributed by atoms with Gasteiger partial charge in [0.2, 0.25) is 0 Å². The van der Waals surface area contributed by atoms with Crippen LogP contribution >= 0.6 is 0 Å². The van der Waals surface area contributed by atoms with Crippen molar-refractivity contribution < 1.29 is 19.3 Å². The van der Waals surface area contributed by atoms with Crippen LogP contribution in [-0.2, 0) is 41.4 Å². The summed E-state index contributed by atoms with van der Waals surface area (Å²) in [5, 5.41) is 0. The molecular weight excluding hydrogens is 723 g/mol. The second-order valence-electron chi connectivity index (χ2n) is 16.8. The SMILES string of the molecule is CCCCCCCCCCCCCCCCCCCC=CC(C(CCCCCC)=Nc1ccc(CCC)c(CCC)c1)=[N+]([Ni])c1ccc(CCC)c(CCC)c1. The number of hydrogen-bond donors (Lipinski definition) is 0. The molecule has 0 aliphatic rings. The van der Waals surface area contributed by atoms with Gasteiger partial charge in [-0.15, -0.1) is 0 Å². The van der Waals surface area contributed by atoms with Crippen molar-refractivity contribution in [3.63, 3.8) is 0 Å². The molecule has 2 aromatic rings. The number of aliphatic imine (C=N–C) groups is 1. The molecule has 0 N–H and O–H groups in total. The zero-order valence-electron chi connectivity index (χ0n) is 37.7. The van der Waals surface area contributed by atoms with Crippen LogP contribution in [0.3, 0.4) is 0 Å². The van der Waals surface area contributed by atoms with Crippen LogP contribution in [0.4, 0.5) is 11.4 Å². The van der Waals surface area contributed by atoms with Crippen LogP contribution in [0.25, 0.3) is 0 Å². The maximum absolute atomic E-state index is 5.97. The fourth-order valence-electron chi connectivity index (χ4n) is 8.14. The number of benzene rings is 2. The molecule has 0 amide bonds. The summed E-state index contributed by atoms with van der Waals surface area (Å²) in [6, 6.07) is 14.0. The molecule has 2 rings (SSSR count). The number of hydrogen-bond acceptors (Lipinski definition) is 1. The Labute approximate surface area is 356 Å². The molecule has 0 aliphatic carbocycles. The van der Waals surface area contributed by atoms with Gasteiger partial charge in [-0.2, -0.15) is 0 Å². The fourth-order valence-corrected chi connectivity index (χ4v) is 8.48. The number of nitrogens with zero attached hydrogens (tertiary/aromatic N) is 2. The molecule has 2 nitrogen and oxygen atoms in total. The first-order valence-electron chi connectivity index (χ1n) is 24.3. The summed E-state index contributed by atoms with van der Waals surface area (Å²) in [7, 11) is 0. The van der Waals surface area contributed by atoms with Crippen molar-refractivity contribution >= 4 is 22.8 Å². The van der Waals surface area contributed by atoms with Crippen LogP contribution in [0, 0.1) is 0 Å². The second kappa shape index (κ2) is 33.9. The summed E-state index contributed by atoms with van der Waals surface area (Å²) in [6.07, 6.45) is 44.8. The molecule has 319 valence electrons. The third-order valence-corrected chi connectivity index (χ3v) is 11.9. The van der Waals surface area contributed by atoms with Crippen molar-refractivity contribution in [2.24, 2.45) is 4.99 Å².